The van der Waals surface area contributed by atoms with Crippen LogP contribution in [0.5, 0.6) is 5.75 Å². The minimum Gasteiger partial charge on any atom is -0.481 e. The fraction of sp³-hybridized carbons (Fsp3) is 0.214. The molecule has 2 atom stereocenters. The molecule has 1 amide bonds. The van der Waals surface area contributed by atoms with E-state index in [1.54, 1.807) is 17.1 Å². The Hall–Kier alpha value is -2.77. The zero-order valence-corrected chi connectivity index (χ0v) is 22.0. The molecular weight excluding hydrogens is 575 g/mol. The van der Waals surface area contributed by atoms with Gasteiger partial charge in [0.2, 0.25) is 0 Å². The third-order valence-corrected chi connectivity index (χ3v) is 7.42. The monoisotopic (exact) mass is 596 g/mol. The molecule has 2 aliphatic rings. The molecule has 35 heavy (non-hydrogen) atoms. The van der Waals surface area contributed by atoms with Gasteiger partial charge < -0.3 is 4.74 Å². The number of ether oxygens (including phenoxy) is 1. The first-order chi connectivity index (χ1) is 17.0. The molecule has 1 heterocycles. The molecule has 0 unspecified atom stereocenters. The number of nitrogens with zero attached hydrogens (tertiary/aromatic N) is 2. The summed E-state index contributed by atoms with van der Waals surface area (Å²) in [4.78, 5) is 13.4. The highest BCUT2D eigenvalue weighted by Crippen LogP contribution is 2.44. The van der Waals surface area contributed by atoms with Crippen LogP contribution in [0.25, 0.3) is 6.08 Å². The lowest BCUT2D eigenvalue weighted by molar-refractivity contribution is -0.135. The van der Waals surface area contributed by atoms with Gasteiger partial charge in [-0.25, -0.2) is 9.40 Å². The molecule has 4 nitrogen and oxygen atoms in total. The molecule has 0 aromatic heterocycles. The fourth-order valence-electron chi connectivity index (χ4n) is 4.73. The van der Waals surface area contributed by atoms with Gasteiger partial charge in [-0.3, -0.25) is 4.79 Å². The van der Waals surface area contributed by atoms with Crippen LogP contribution in [0.2, 0.25) is 0 Å². The summed E-state index contributed by atoms with van der Waals surface area (Å²) >= 11 is 6.99. The molecule has 0 saturated heterocycles. The number of benzene rings is 3. The van der Waals surface area contributed by atoms with Gasteiger partial charge in [0.05, 0.1) is 11.8 Å². The van der Waals surface area contributed by atoms with Gasteiger partial charge in [-0.1, -0.05) is 68.3 Å². The third-order valence-electron chi connectivity index (χ3n) is 6.37. The zero-order valence-electron chi connectivity index (χ0n) is 18.8. The van der Waals surface area contributed by atoms with Gasteiger partial charge in [0.25, 0.3) is 5.91 Å². The van der Waals surface area contributed by atoms with Gasteiger partial charge in [-0.15, -0.1) is 0 Å². The summed E-state index contributed by atoms with van der Waals surface area (Å²) in [6.07, 6.45) is 5.04. The summed E-state index contributed by atoms with van der Waals surface area (Å²) in [6, 6.07) is 22.0. The first-order valence-corrected chi connectivity index (χ1v) is 13.1. The van der Waals surface area contributed by atoms with E-state index >= 15 is 0 Å². The maximum Gasteiger partial charge on any atom is 0.281 e. The summed E-state index contributed by atoms with van der Waals surface area (Å²) in [6.45, 7) is -0.288. The second-order valence-electron chi connectivity index (χ2n) is 8.66. The molecule has 7 heteroatoms. The van der Waals surface area contributed by atoms with Crippen molar-refractivity contribution in [3.8, 4) is 5.75 Å². The topological polar surface area (TPSA) is 41.9 Å². The van der Waals surface area contributed by atoms with Gasteiger partial charge in [0.1, 0.15) is 0 Å². The molecule has 1 fully saturated rings. The van der Waals surface area contributed by atoms with Crippen LogP contribution in [0.15, 0.2) is 92.4 Å². The first-order valence-electron chi connectivity index (χ1n) is 11.5. The van der Waals surface area contributed by atoms with E-state index in [-0.39, 0.29) is 30.2 Å². The van der Waals surface area contributed by atoms with Gasteiger partial charge >= 0.3 is 0 Å². The van der Waals surface area contributed by atoms with Crippen LogP contribution in [0.1, 0.15) is 36.4 Å². The SMILES string of the molecule is O=C(COc1ccccc1F)N1N=C2/C(=C\c3ccc(Br)cc3)CCC[C@@H]2[C@@H]1c1ccc(Br)cc1. The Bertz CT molecular complexity index is 1290. The molecule has 5 rings (SSSR count). The quantitative estimate of drug-likeness (QED) is 0.305. The van der Waals surface area contributed by atoms with E-state index in [0.717, 1.165) is 50.6 Å². The number of para-hydroxylation sites is 1. The normalized spacial score (nSPS) is 20.5. The summed E-state index contributed by atoms with van der Waals surface area (Å²) in [5.41, 5.74) is 4.21. The molecule has 0 radical (unpaired) electrons. The van der Waals surface area contributed by atoms with Crippen LogP contribution in [0.3, 0.4) is 0 Å². The van der Waals surface area contributed by atoms with E-state index in [2.05, 4.69) is 50.1 Å². The first kappa shape index (κ1) is 23.9. The highest BCUT2D eigenvalue weighted by molar-refractivity contribution is 9.10. The molecule has 3 aromatic carbocycles. The minimum atomic E-state index is -0.495. The Morgan fingerprint density at radius 2 is 1.71 bits per heavy atom. The van der Waals surface area contributed by atoms with E-state index in [0.29, 0.717) is 0 Å². The Kier molecular flexibility index (Phi) is 7.16. The highest BCUT2D eigenvalue weighted by atomic mass is 79.9. The van der Waals surface area contributed by atoms with Crippen LogP contribution < -0.4 is 4.74 Å². The lowest BCUT2D eigenvalue weighted by Gasteiger charge is -2.29. The molecule has 1 aliphatic carbocycles. The number of fused-ring (bicyclic) bond motifs is 1. The fourth-order valence-corrected chi connectivity index (χ4v) is 5.26. The standard InChI is InChI=1S/C28H23Br2FN2O2/c29-21-12-8-18(9-13-21)16-20-4-3-5-23-27(20)32-33(28(23)19-10-14-22(30)15-11-19)26(34)17-35-25-7-2-1-6-24(25)31/h1-2,6-16,23,28H,3-5,17H2/b20-16-/t23-,28-/m0/s1. The van der Waals surface area contributed by atoms with Crippen LogP contribution >= 0.6 is 31.9 Å². The predicted octanol–water partition coefficient (Wildman–Crippen LogP) is 7.55. The summed E-state index contributed by atoms with van der Waals surface area (Å²) < 4.78 is 21.6. The lowest BCUT2D eigenvalue weighted by atomic mass is 9.77. The van der Waals surface area contributed by atoms with Crippen molar-refractivity contribution < 1.29 is 13.9 Å². The summed E-state index contributed by atoms with van der Waals surface area (Å²) in [5.74, 6) is -0.651. The number of halogens is 3. The molecule has 0 spiro atoms. The largest absolute Gasteiger partial charge is 0.481 e. The maximum absolute atomic E-state index is 14.0. The van der Waals surface area contributed by atoms with Crippen LogP contribution in [-0.2, 0) is 4.79 Å². The van der Waals surface area contributed by atoms with Gasteiger partial charge in [0, 0.05) is 14.9 Å². The van der Waals surface area contributed by atoms with Crippen LogP contribution in [-0.4, -0.2) is 23.2 Å². The second-order valence-corrected chi connectivity index (χ2v) is 10.5. The van der Waals surface area contributed by atoms with Gasteiger partial charge in [-0.05, 0) is 78.4 Å². The number of carbonyl (C=O) groups excluding carboxylic acids is 1. The average Bonchev–Trinajstić information content (AvgIpc) is 3.26. The van der Waals surface area contributed by atoms with E-state index in [4.69, 9.17) is 9.84 Å². The maximum atomic E-state index is 14.0. The van der Waals surface area contributed by atoms with Gasteiger partial charge in [-0.2, -0.15) is 5.10 Å². The molecule has 178 valence electrons. The van der Waals surface area contributed by atoms with Crippen molar-refractivity contribution in [2.24, 2.45) is 11.0 Å². The molecule has 0 N–H and O–H groups in total. The van der Waals surface area contributed by atoms with E-state index in [1.165, 1.54) is 12.1 Å². The molecule has 0 bridgehead atoms. The zero-order chi connectivity index (χ0) is 24.4. The van der Waals surface area contributed by atoms with E-state index in [1.807, 2.05) is 36.4 Å². The number of hydrogen-bond acceptors (Lipinski definition) is 3. The third kappa shape index (κ3) is 5.26. The van der Waals surface area contributed by atoms with Crippen molar-refractivity contribution in [2.75, 3.05) is 6.61 Å². The lowest BCUT2D eigenvalue weighted by Crippen LogP contribution is -2.34. The number of amides is 1. The van der Waals surface area contributed by atoms with Crippen molar-refractivity contribution in [3.05, 3.63) is 104 Å². The van der Waals surface area contributed by atoms with Crippen molar-refractivity contribution in [1.29, 1.82) is 0 Å². The van der Waals surface area contributed by atoms with Crippen LogP contribution in [0.4, 0.5) is 4.39 Å². The number of allylic oxidation sites excluding steroid dienone is 1. The van der Waals surface area contributed by atoms with Crippen molar-refractivity contribution in [1.82, 2.24) is 5.01 Å². The Morgan fingerprint density at radius 1 is 1.03 bits per heavy atom. The van der Waals surface area contributed by atoms with Crippen molar-refractivity contribution >= 4 is 49.6 Å². The average molecular weight is 598 g/mol. The number of rotatable bonds is 5. The smallest absolute Gasteiger partial charge is 0.281 e. The second kappa shape index (κ2) is 10.5. The summed E-state index contributed by atoms with van der Waals surface area (Å²) in [7, 11) is 0. The van der Waals surface area contributed by atoms with Crippen LogP contribution in [0, 0.1) is 11.7 Å². The number of hydrazone groups is 1. The summed E-state index contributed by atoms with van der Waals surface area (Å²) in [5, 5.41) is 6.40. The van der Waals surface area contributed by atoms with E-state index < -0.39 is 5.82 Å². The Morgan fingerprint density at radius 3 is 2.43 bits per heavy atom. The highest BCUT2D eigenvalue weighted by Gasteiger charge is 2.43. The molecular formula is C28H23Br2FN2O2. The van der Waals surface area contributed by atoms with Crippen molar-refractivity contribution in [3.63, 3.8) is 0 Å². The predicted molar refractivity (Wildman–Crippen MR) is 143 cm³/mol. The Labute approximate surface area is 220 Å². The van der Waals surface area contributed by atoms with Gasteiger partial charge in [0.15, 0.2) is 18.2 Å². The number of carbonyl (C=O) groups is 1. The Balaban J connectivity index is 1.47. The minimum absolute atomic E-state index is 0.0566. The van der Waals surface area contributed by atoms with Crippen molar-refractivity contribution in [2.45, 2.75) is 25.3 Å². The molecule has 3 aromatic rings. The van der Waals surface area contributed by atoms with E-state index in [9.17, 15) is 9.18 Å². The molecule has 1 saturated carbocycles. The molecule has 1 aliphatic heterocycles. The number of hydrogen-bond donors (Lipinski definition) is 0.